The first-order valence-corrected chi connectivity index (χ1v) is 2.06. The molecule has 0 radical (unpaired) electrons. The maximum absolute atomic E-state index is 10.3. The molecule has 1 unspecified atom stereocenters. The van der Waals surface area contributed by atoms with E-state index in [4.69, 9.17) is 5.73 Å². The van der Waals surface area contributed by atoms with Gasteiger partial charge in [-0.1, -0.05) is 0 Å². The summed E-state index contributed by atoms with van der Waals surface area (Å²) in [6.07, 6.45) is -0.0625. The average Bonchev–Trinajstić information content (AvgIpc) is 2.39. The van der Waals surface area contributed by atoms with Crippen molar-refractivity contribution in [3.63, 3.8) is 0 Å². The molecule has 0 saturated carbocycles. The van der Waals surface area contributed by atoms with E-state index in [2.05, 4.69) is 4.84 Å². The van der Waals surface area contributed by atoms with E-state index >= 15 is 0 Å². The first kappa shape index (κ1) is 3.40. The number of rotatable bonds is 0. The quantitative estimate of drug-likeness (QED) is 0.295. The summed E-state index contributed by atoms with van der Waals surface area (Å²) < 4.78 is 0. The fraction of sp³-hybridized carbons (Fsp3) is 0.667. The molecule has 1 amide bonds. The summed E-state index contributed by atoms with van der Waals surface area (Å²) in [6.45, 7) is 0. The molecule has 0 spiro atoms. The highest BCUT2D eigenvalue weighted by Crippen LogP contribution is 2.33. The van der Waals surface area contributed by atoms with Gasteiger partial charge in [0.15, 0.2) is 0 Å². The maximum Gasteiger partial charge on any atom is 0.270 e. The van der Waals surface area contributed by atoms with Gasteiger partial charge in [-0.15, -0.1) is 0 Å². The van der Waals surface area contributed by atoms with Crippen LogP contribution < -0.4 is 5.73 Å². The number of hydrogen-bond donors (Lipinski definition) is 1. The molecule has 2 heterocycles. The summed E-state index contributed by atoms with van der Waals surface area (Å²) in [5.74, 6) is -0.0926. The molecule has 2 fully saturated rings. The van der Waals surface area contributed by atoms with Crippen LogP contribution in [0.4, 0.5) is 0 Å². The van der Waals surface area contributed by atoms with Crippen molar-refractivity contribution in [2.24, 2.45) is 5.73 Å². The van der Waals surface area contributed by atoms with Gasteiger partial charge in [-0.2, -0.15) is 5.06 Å². The van der Waals surface area contributed by atoms with Crippen LogP contribution in [-0.2, 0) is 9.63 Å². The molecule has 0 aromatic heterocycles. The predicted molar refractivity (Wildman–Crippen MR) is 19.7 cm³/mol. The Morgan fingerprint density at radius 3 is 2.71 bits per heavy atom. The average molecular weight is 100 g/mol. The second-order valence-corrected chi connectivity index (χ2v) is 1.69. The number of amides is 1. The molecule has 2 rings (SSSR count). The van der Waals surface area contributed by atoms with Gasteiger partial charge in [-0.05, 0) is 0 Å². The molecule has 0 aromatic carbocycles. The van der Waals surface area contributed by atoms with E-state index < -0.39 is 0 Å². The van der Waals surface area contributed by atoms with Gasteiger partial charge in [0.1, 0.15) is 6.04 Å². The van der Waals surface area contributed by atoms with Crippen LogP contribution in [0.5, 0.6) is 0 Å². The summed E-state index contributed by atoms with van der Waals surface area (Å²) in [5.41, 5.74) is 5.19. The first-order valence-electron chi connectivity index (χ1n) is 2.06. The molecule has 2 N–H and O–H groups in total. The van der Waals surface area contributed by atoms with E-state index in [0.29, 0.717) is 0 Å². The van der Waals surface area contributed by atoms with Gasteiger partial charge in [0.2, 0.25) is 6.23 Å². The Labute approximate surface area is 39.8 Å². The van der Waals surface area contributed by atoms with Gasteiger partial charge in [-0.3, -0.25) is 4.79 Å². The highest BCUT2D eigenvalue weighted by Gasteiger charge is 2.61. The van der Waals surface area contributed by atoms with E-state index in [-0.39, 0.29) is 18.2 Å². The lowest BCUT2D eigenvalue weighted by Crippen LogP contribution is -2.50. The molecule has 0 aromatic rings. The van der Waals surface area contributed by atoms with Gasteiger partial charge >= 0.3 is 0 Å². The SMILES string of the molecule is N[C@@H]1C(=O)N2OC12. The van der Waals surface area contributed by atoms with Gasteiger partial charge in [0.25, 0.3) is 5.91 Å². The zero-order chi connectivity index (χ0) is 5.02. The molecule has 0 aliphatic carbocycles. The molecule has 7 heavy (non-hydrogen) atoms. The number of carbonyl (C=O) groups excluding carboxylic acids is 1. The molecule has 4 nitrogen and oxygen atoms in total. The van der Waals surface area contributed by atoms with Gasteiger partial charge < -0.3 is 5.73 Å². The van der Waals surface area contributed by atoms with Gasteiger partial charge in [0.05, 0.1) is 0 Å². The lowest BCUT2D eigenvalue weighted by atomic mass is 10.2. The van der Waals surface area contributed by atoms with Crippen molar-refractivity contribution < 1.29 is 9.63 Å². The number of nitrogens with zero attached hydrogens (tertiary/aromatic N) is 1. The summed E-state index contributed by atoms with van der Waals surface area (Å²) in [4.78, 5) is 14.9. The molecule has 38 valence electrons. The molecule has 2 aliphatic rings. The van der Waals surface area contributed by atoms with Crippen LogP contribution in [0.15, 0.2) is 0 Å². The minimum Gasteiger partial charge on any atom is -0.316 e. The van der Waals surface area contributed by atoms with Crippen molar-refractivity contribution >= 4 is 5.91 Å². The van der Waals surface area contributed by atoms with E-state index in [1.165, 1.54) is 5.06 Å². The highest BCUT2D eigenvalue weighted by atomic mass is 16.9. The molecule has 2 aliphatic heterocycles. The number of hydroxylamine groups is 2. The third kappa shape index (κ3) is 0.205. The van der Waals surface area contributed by atoms with Gasteiger partial charge in [0, 0.05) is 0 Å². The Kier molecular flexibility index (Phi) is 0.329. The number of nitrogens with two attached hydrogens (primary N) is 1. The Hall–Kier alpha value is -0.610. The summed E-state index contributed by atoms with van der Waals surface area (Å²) in [6, 6.07) is -0.361. The van der Waals surface area contributed by atoms with Gasteiger partial charge in [-0.25, -0.2) is 4.84 Å². The largest absolute Gasteiger partial charge is 0.316 e. The van der Waals surface area contributed by atoms with Crippen molar-refractivity contribution in [2.45, 2.75) is 12.3 Å². The monoisotopic (exact) mass is 100 g/mol. The molecule has 4 heteroatoms. The van der Waals surface area contributed by atoms with Crippen LogP contribution in [0.1, 0.15) is 0 Å². The molecule has 2 saturated heterocycles. The number of β-lactam (4-membered cyclic amide) rings is 1. The normalized spacial score (nSPS) is 45.3. The zero-order valence-electron chi connectivity index (χ0n) is 3.50. The van der Waals surface area contributed by atoms with Crippen molar-refractivity contribution in [3.8, 4) is 0 Å². The van der Waals surface area contributed by atoms with Crippen molar-refractivity contribution in [1.29, 1.82) is 0 Å². The zero-order valence-corrected chi connectivity index (χ0v) is 3.50. The second-order valence-electron chi connectivity index (χ2n) is 1.69. The summed E-state index contributed by atoms with van der Waals surface area (Å²) >= 11 is 0. The van der Waals surface area contributed by atoms with Crippen LogP contribution in [0, 0.1) is 0 Å². The van der Waals surface area contributed by atoms with E-state index in [9.17, 15) is 4.79 Å². The lowest BCUT2D eigenvalue weighted by molar-refractivity contribution is -0.136. The van der Waals surface area contributed by atoms with Crippen LogP contribution in [0.25, 0.3) is 0 Å². The molecule has 0 bridgehead atoms. The first-order chi connectivity index (χ1) is 3.30. The molecular formula is C3H4N2O2. The van der Waals surface area contributed by atoms with E-state index in [0.717, 1.165) is 0 Å². The smallest absolute Gasteiger partial charge is 0.270 e. The molecular weight excluding hydrogens is 96.0 g/mol. The van der Waals surface area contributed by atoms with Crippen LogP contribution >= 0.6 is 0 Å². The minimum absolute atomic E-state index is 0.0625. The second kappa shape index (κ2) is 0.677. The Morgan fingerprint density at radius 1 is 1.86 bits per heavy atom. The minimum atomic E-state index is -0.361. The fourth-order valence-corrected chi connectivity index (χ4v) is 0.665. The highest BCUT2D eigenvalue weighted by molar-refractivity contribution is 5.90. The Bertz CT molecular complexity index is 135. The van der Waals surface area contributed by atoms with Crippen molar-refractivity contribution in [1.82, 2.24) is 5.06 Å². The van der Waals surface area contributed by atoms with Crippen LogP contribution in [-0.4, -0.2) is 23.2 Å². The number of hydrogen-bond acceptors (Lipinski definition) is 3. The number of fused-ring (bicyclic) bond motifs is 1. The predicted octanol–water partition coefficient (Wildman–Crippen LogP) is -1.57. The van der Waals surface area contributed by atoms with Crippen LogP contribution in [0.3, 0.4) is 0 Å². The third-order valence-electron chi connectivity index (χ3n) is 1.22. The Morgan fingerprint density at radius 2 is 2.57 bits per heavy atom. The van der Waals surface area contributed by atoms with E-state index in [1.807, 2.05) is 0 Å². The fourth-order valence-electron chi connectivity index (χ4n) is 0.665. The Balaban J connectivity index is 2.22. The summed E-state index contributed by atoms with van der Waals surface area (Å²) in [7, 11) is 0. The maximum atomic E-state index is 10.3. The summed E-state index contributed by atoms with van der Waals surface area (Å²) in [5, 5.41) is 1.27. The van der Waals surface area contributed by atoms with E-state index in [1.54, 1.807) is 0 Å². The van der Waals surface area contributed by atoms with Crippen molar-refractivity contribution in [2.75, 3.05) is 0 Å². The third-order valence-corrected chi connectivity index (χ3v) is 1.22. The standard InChI is InChI=1S/C3H4N2O2/c4-1-2(6)5-3(1)7-5/h1,3H,4H2/t1-,3?,5?/m1/s1. The molecule has 2 atom stereocenters. The van der Waals surface area contributed by atoms with Crippen LogP contribution in [0.2, 0.25) is 0 Å². The number of carbonyl (C=O) groups is 1. The topological polar surface area (TPSA) is 58.6 Å². The lowest BCUT2D eigenvalue weighted by Gasteiger charge is -2.12. The van der Waals surface area contributed by atoms with Crippen molar-refractivity contribution in [3.05, 3.63) is 0 Å².